The van der Waals surface area contributed by atoms with Gasteiger partial charge in [0, 0.05) is 11.8 Å². The van der Waals surface area contributed by atoms with Crippen LogP contribution in [0.2, 0.25) is 0 Å². The molecule has 0 unspecified atom stereocenters. The third kappa shape index (κ3) is 2.65. The Hall–Kier alpha value is -0.980. The van der Waals surface area contributed by atoms with E-state index in [-0.39, 0.29) is 0 Å². The minimum Gasteiger partial charge on any atom is -0.122 e. The molecule has 0 atom stereocenters. The van der Waals surface area contributed by atoms with E-state index in [0.717, 1.165) is 11.1 Å². The Morgan fingerprint density at radius 2 is 1.65 bits per heavy atom. The zero-order valence-electron chi connectivity index (χ0n) is 9.71. The molecule has 0 nitrogen and oxygen atoms in total. The van der Waals surface area contributed by atoms with Gasteiger partial charge in [-0.1, -0.05) is 36.4 Å². The fourth-order valence-electron chi connectivity index (χ4n) is 1.95. The van der Waals surface area contributed by atoms with Crippen LogP contribution in [0.4, 0.5) is 0 Å². The summed E-state index contributed by atoms with van der Waals surface area (Å²) in [4.78, 5) is 0. The van der Waals surface area contributed by atoms with Crippen LogP contribution in [0.5, 0.6) is 0 Å². The van der Waals surface area contributed by atoms with Crippen LogP contribution in [0.15, 0.2) is 42.5 Å². The minimum atomic E-state index is 0.520. The summed E-state index contributed by atoms with van der Waals surface area (Å²) in [6.07, 6.45) is 0. The molecule has 2 aromatic rings. The smallest absolute Gasteiger partial charge is 0.0480 e. The number of hydrogen-bond donors (Lipinski definition) is 0. The van der Waals surface area contributed by atoms with E-state index in [9.17, 15) is 0 Å². The van der Waals surface area contributed by atoms with Gasteiger partial charge in [-0.2, -0.15) is 0 Å². The third-order valence-electron chi connectivity index (χ3n) is 2.91. The van der Waals surface area contributed by atoms with Gasteiger partial charge in [0.25, 0.3) is 0 Å². The molecule has 0 saturated heterocycles. The van der Waals surface area contributed by atoms with E-state index < -0.39 is 0 Å². The molecular formula is C15H14Cl2. The molecule has 0 aliphatic rings. The van der Waals surface area contributed by atoms with E-state index in [4.69, 9.17) is 23.2 Å². The second-order valence-electron chi connectivity index (χ2n) is 4.07. The van der Waals surface area contributed by atoms with E-state index >= 15 is 0 Å². The molecule has 88 valence electrons. The highest BCUT2D eigenvalue weighted by Gasteiger charge is 2.07. The lowest BCUT2D eigenvalue weighted by atomic mass is 9.95. The monoisotopic (exact) mass is 264 g/mol. The van der Waals surface area contributed by atoms with Crippen molar-refractivity contribution in [1.82, 2.24) is 0 Å². The quantitative estimate of drug-likeness (QED) is 0.674. The molecule has 0 radical (unpaired) electrons. The second kappa shape index (κ2) is 5.57. The molecule has 0 aliphatic heterocycles. The Bertz CT molecular complexity index is 518. The zero-order valence-corrected chi connectivity index (χ0v) is 11.2. The number of benzene rings is 2. The molecule has 2 aromatic carbocycles. The number of alkyl halides is 2. The molecule has 2 heteroatoms. The minimum absolute atomic E-state index is 0.520. The Labute approximate surface area is 112 Å². The maximum Gasteiger partial charge on any atom is 0.0480 e. The van der Waals surface area contributed by atoms with E-state index in [1.54, 1.807) is 0 Å². The van der Waals surface area contributed by atoms with Crippen molar-refractivity contribution in [3.8, 4) is 11.1 Å². The van der Waals surface area contributed by atoms with Crippen molar-refractivity contribution >= 4 is 23.2 Å². The van der Waals surface area contributed by atoms with E-state index in [0.29, 0.717) is 11.8 Å². The first kappa shape index (κ1) is 12.5. The summed E-state index contributed by atoms with van der Waals surface area (Å²) in [5, 5.41) is 0. The highest BCUT2D eigenvalue weighted by molar-refractivity contribution is 6.18. The Kier molecular flexibility index (Phi) is 4.09. The molecule has 0 amide bonds. The van der Waals surface area contributed by atoms with Crippen LogP contribution < -0.4 is 0 Å². The van der Waals surface area contributed by atoms with Crippen LogP contribution in [-0.4, -0.2) is 0 Å². The summed E-state index contributed by atoms with van der Waals surface area (Å²) in [5.74, 6) is 1.05. The summed E-state index contributed by atoms with van der Waals surface area (Å²) in [5.41, 5.74) is 5.95. The fraction of sp³-hybridized carbons (Fsp3) is 0.200. The van der Waals surface area contributed by atoms with Crippen molar-refractivity contribution in [2.75, 3.05) is 0 Å². The lowest BCUT2D eigenvalue weighted by Crippen LogP contribution is -1.91. The maximum absolute atomic E-state index is 6.00. The van der Waals surface area contributed by atoms with Crippen LogP contribution in [0, 0.1) is 6.92 Å². The largest absolute Gasteiger partial charge is 0.122 e. The lowest BCUT2D eigenvalue weighted by molar-refractivity contribution is 1.32. The molecular weight excluding hydrogens is 251 g/mol. The van der Waals surface area contributed by atoms with Gasteiger partial charge in [-0.3, -0.25) is 0 Å². The van der Waals surface area contributed by atoms with Gasteiger partial charge in [-0.25, -0.2) is 0 Å². The predicted molar refractivity (Wildman–Crippen MR) is 75.7 cm³/mol. The van der Waals surface area contributed by atoms with Crippen molar-refractivity contribution in [1.29, 1.82) is 0 Å². The highest BCUT2D eigenvalue weighted by atomic mass is 35.5. The summed E-state index contributed by atoms with van der Waals surface area (Å²) in [6, 6.07) is 14.6. The Morgan fingerprint density at radius 3 is 2.29 bits per heavy atom. The molecule has 17 heavy (non-hydrogen) atoms. The summed E-state index contributed by atoms with van der Waals surface area (Å²) in [7, 11) is 0. The Balaban J connectivity index is 2.60. The molecule has 0 heterocycles. The van der Waals surface area contributed by atoms with Crippen LogP contribution >= 0.6 is 23.2 Å². The Morgan fingerprint density at radius 1 is 0.882 bits per heavy atom. The van der Waals surface area contributed by atoms with Gasteiger partial charge in [0.2, 0.25) is 0 Å². The summed E-state index contributed by atoms with van der Waals surface area (Å²) < 4.78 is 0. The molecule has 0 bridgehead atoms. The van der Waals surface area contributed by atoms with Crippen LogP contribution in [0.1, 0.15) is 16.7 Å². The van der Waals surface area contributed by atoms with E-state index in [2.05, 4.69) is 31.2 Å². The second-order valence-corrected chi connectivity index (χ2v) is 4.61. The van der Waals surface area contributed by atoms with Crippen molar-refractivity contribution < 1.29 is 0 Å². The van der Waals surface area contributed by atoms with Crippen molar-refractivity contribution in [3.63, 3.8) is 0 Å². The van der Waals surface area contributed by atoms with Gasteiger partial charge in [-0.15, -0.1) is 23.2 Å². The van der Waals surface area contributed by atoms with Crippen molar-refractivity contribution in [2.45, 2.75) is 18.7 Å². The average molecular weight is 265 g/mol. The topological polar surface area (TPSA) is 0 Å². The van der Waals surface area contributed by atoms with Gasteiger partial charge in [0.05, 0.1) is 0 Å². The fourth-order valence-corrected chi connectivity index (χ4v) is 2.35. The number of hydrogen-bond acceptors (Lipinski definition) is 0. The average Bonchev–Trinajstić information content (AvgIpc) is 2.38. The van der Waals surface area contributed by atoms with Gasteiger partial charge >= 0.3 is 0 Å². The van der Waals surface area contributed by atoms with Crippen molar-refractivity contribution in [2.24, 2.45) is 0 Å². The molecule has 2 rings (SSSR count). The first-order valence-electron chi connectivity index (χ1n) is 5.56. The van der Waals surface area contributed by atoms with Crippen molar-refractivity contribution in [3.05, 3.63) is 59.2 Å². The first-order valence-corrected chi connectivity index (χ1v) is 6.63. The number of aryl methyl sites for hydroxylation is 1. The molecule has 0 N–H and O–H groups in total. The molecule has 0 spiro atoms. The lowest BCUT2D eigenvalue weighted by Gasteiger charge is -2.11. The molecule has 0 fully saturated rings. The SMILES string of the molecule is Cc1ccccc1-c1cc(CCl)ccc1CCl. The van der Waals surface area contributed by atoms with Crippen LogP contribution in [0.25, 0.3) is 11.1 Å². The van der Waals surface area contributed by atoms with Crippen LogP contribution in [0.3, 0.4) is 0 Å². The molecule has 0 aromatic heterocycles. The summed E-state index contributed by atoms with van der Waals surface area (Å²) in [6.45, 7) is 2.11. The van der Waals surface area contributed by atoms with E-state index in [1.165, 1.54) is 16.7 Å². The van der Waals surface area contributed by atoms with Crippen LogP contribution in [-0.2, 0) is 11.8 Å². The standard InChI is InChI=1S/C15H14Cl2/c1-11-4-2-3-5-14(11)15-8-12(9-16)6-7-13(15)10-17/h2-8H,9-10H2,1H3. The van der Waals surface area contributed by atoms with Gasteiger partial charge in [-0.05, 0) is 40.8 Å². The predicted octanol–water partition coefficient (Wildman–Crippen LogP) is 5.14. The van der Waals surface area contributed by atoms with Gasteiger partial charge in [0.1, 0.15) is 0 Å². The first-order chi connectivity index (χ1) is 8.26. The highest BCUT2D eigenvalue weighted by Crippen LogP contribution is 2.29. The zero-order chi connectivity index (χ0) is 12.3. The molecule has 0 aliphatic carbocycles. The third-order valence-corrected chi connectivity index (χ3v) is 3.50. The number of rotatable bonds is 3. The number of halogens is 2. The molecule has 0 saturated carbocycles. The summed E-state index contributed by atoms with van der Waals surface area (Å²) >= 11 is 11.9. The normalized spacial score (nSPS) is 10.5. The maximum atomic E-state index is 6.00. The van der Waals surface area contributed by atoms with E-state index in [1.807, 2.05) is 18.2 Å². The van der Waals surface area contributed by atoms with Gasteiger partial charge in [0.15, 0.2) is 0 Å². The van der Waals surface area contributed by atoms with Gasteiger partial charge < -0.3 is 0 Å².